The molecular formula is C13H13BrN2O3. The van der Waals surface area contributed by atoms with Gasteiger partial charge < -0.3 is 14.5 Å². The van der Waals surface area contributed by atoms with Crippen molar-refractivity contribution in [3.8, 4) is 5.75 Å². The fourth-order valence-electron chi connectivity index (χ4n) is 1.56. The van der Waals surface area contributed by atoms with Gasteiger partial charge in [-0.25, -0.2) is 4.79 Å². The van der Waals surface area contributed by atoms with Gasteiger partial charge in [0.15, 0.2) is 4.67 Å². The maximum atomic E-state index is 11.7. The number of hydrogen-bond donors (Lipinski definition) is 2. The lowest BCUT2D eigenvalue weighted by molar-refractivity contribution is 0.251. The molecule has 0 saturated heterocycles. The number of nitrogens with one attached hydrogen (secondary N) is 2. The Labute approximate surface area is 119 Å². The molecule has 0 spiro atoms. The van der Waals surface area contributed by atoms with Crippen LogP contribution in [0.5, 0.6) is 5.75 Å². The van der Waals surface area contributed by atoms with Gasteiger partial charge in [0.25, 0.3) is 0 Å². The lowest BCUT2D eigenvalue weighted by atomic mass is 10.2. The molecule has 0 radical (unpaired) electrons. The van der Waals surface area contributed by atoms with Crippen molar-refractivity contribution in [1.82, 2.24) is 5.32 Å². The number of amides is 2. The molecule has 0 saturated carbocycles. The number of carbonyl (C=O) groups is 1. The summed E-state index contributed by atoms with van der Waals surface area (Å²) in [5.41, 5.74) is 0.903. The number of furan rings is 1. The lowest BCUT2D eigenvalue weighted by Crippen LogP contribution is -2.28. The summed E-state index contributed by atoms with van der Waals surface area (Å²) in [6.45, 7) is 0.373. The topological polar surface area (TPSA) is 63.5 Å². The molecule has 0 unspecified atom stereocenters. The van der Waals surface area contributed by atoms with Crippen molar-refractivity contribution in [2.45, 2.75) is 6.54 Å². The normalized spacial score (nSPS) is 10.0. The Bertz CT molecular complexity index is 569. The van der Waals surface area contributed by atoms with Gasteiger partial charge in [0.2, 0.25) is 5.88 Å². The van der Waals surface area contributed by atoms with Crippen molar-refractivity contribution >= 4 is 27.8 Å². The zero-order chi connectivity index (χ0) is 13.7. The average Bonchev–Trinajstić information content (AvgIpc) is 2.82. The fourth-order valence-corrected chi connectivity index (χ4v) is 1.87. The van der Waals surface area contributed by atoms with Gasteiger partial charge >= 0.3 is 6.03 Å². The summed E-state index contributed by atoms with van der Waals surface area (Å²) in [7, 11) is 1.60. The van der Waals surface area contributed by atoms with Gasteiger partial charge in [-0.1, -0.05) is 18.2 Å². The standard InChI is InChI=1S/C13H13BrN2O3/c1-18-10-5-3-2-4-9(10)8-15-13(17)16-12-7-6-11(14)19-12/h2-7H,8H2,1H3,(H2,15,16,17). The Kier molecular flexibility index (Phi) is 4.46. The van der Waals surface area contributed by atoms with Gasteiger partial charge in [-0.05, 0) is 28.1 Å². The number of para-hydroxylation sites is 1. The highest BCUT2D eigenvalue weighted by atomic mass is 79.9. The number of halogens is 1. The molecule has 2 N–H and O–H groups in total. The zero-order valence-electron chi connectivity index (χ0n) is 10.3. The Morgan fingerprint density at radius 3 is 2.79 bits per heavy atom. The van der Waals surface area contributed by atoms with E-state index < -0.39 is 0 Å². The van der Waals surface area contributed by atoms with Crippen molar-refractivity contribution in [3.05, 3.63) is 46.6 Å². The van der Waals surface area contributed by atoms with Crippen molar-refractivity contribution in [2.75, 3.05) is 12.4 Å². The number of hydrogen-bond acceptors (Lipinski definition) is 3. The van der Waals surface area contributed by atoms with E-state index in [1.807, 2.05) is 24.3 Å². The third-order valence-electron chi connectivity index (χ3n) is 2.44. The second-order valence-electron chi connectivity index (χ2n) is 3.72. The second-order valence-corrected chi connectivity index (χ2v) is 4.50. The monoisotopic (exact) mass is 324 g/mol. The van der Waals surface area contributed by atoms with E-state index in [1.165, 1.54) is 0 Å². The third kappa shape index (κ3) is 3.75. The minimum absolute atomic E-state index is 0.340. The summed E-state index contributed by atoms with van der Waals surface area (Å²) < 4.78 is 10.9. The summed E-state index contributed by atoms with van der Waals surface area (Å²) >= 11 is 3.16. The van der Waals surface area contributed by atoms with E-state index in [4.69, 9.17) is 9.15 Å². The molecule has 1 aromatic heterocycles. The molecule has 2 aromatic rings. The predicted molar refractivity (Wildman–Crippen MR) is 75.3 cm³/mol. The third-order valence-corrected chi connectivity index (χ3v) is 2.87. The number of anilines is 1. The molecule has 0 aliphatic carbocycles. The molecule has 2 amide bonds. The molecule has 0 bridgehead atoms. The van der Waals surface area contributed by atoms with Crippen LogP contribution in [0.4, 0.5) is 10.7 Å². The summed E-state index contributed by atoms with van der Waals surface area (Å²) in [4.78, 5) is 11.7. The highest BCUT2D eigenvalue weighted by Gasteiger charge is 2.07. The molecule has 6 heteroatoms. The van der Waals surface area contributed by atoms with Gasteiger partial charge in [-0.15, -0.1) is 0 Å². The van der Waals surface area contributed by atoms with Crippen LogP contribution in [0.3, 0.4) is 0 Å². The van der Waals surface area contributed by atoms with E-state index in [-0.39, 0.29) is 6.03 Å². The first-order valence-corrected chi connectivity index (χ1v) is 6.40. The lowest BCUT2D eigenvalue weighted by Gasteiger charge is -2.09. The molecule has 0 fully saturated rings. The summed E-state index contributed by atoms with van der Waals surface area (Å²) in [6.07, 6.45) is 0. The minimum Gasteiger partial charge on any atom is -0.496 e. The number of urea groups is 1. The SMILES string of the molecule is COc1ccccc1CNC(=O)Nc1ccc(Br)o1. The molecule has 100 valence electrons. The van der Waals surface area contributed by atoms with Gasteiger partial charge in [0.05, 0.1) is 7.11 Å². The van der Waals surface area contributed by atoms with E-state index in [1.54, 1.807) is 19.2 Å². The average molecular weight is 325 g/mol. The van der Waals surface area contributed by atoms with Crippen LogP contribution in [0.15, 0.2) is 45.5 Å². The number of benzene rings is 1. The van der Waals surface area contributed by atoms with E-state index in [2.05, 4.69) is 26.6 Å². The van der Waals surface area contributed by atoms with Crippen LogP contribution < -0.4 is 15.4 Å². The van der Waals surface area contributed by atoms with Crippen LogP contribution in [-0.2, 0) is 6.54 Å². The molecule has 2 rings (SSSR count). The molecule has 0 aliphatic rings. The van der Waals surface area contributed by atoms with Crippen molar-refractivity contribution in [2.24, 2.45) is 0 Å². The Hall–Kier alpha value is -1.95. The Balaban J connectivity index is 1.89. The zero-order valence-corrected chi connectivity index (χ0v) is 11.9. The van der Waals surface area contributed by atoms with Crippen LogP contribution in [0.1, 0.15) is 5.56 Å². The molecule has 1 aromatic carbocycles. The Morgan fingerprint density at radius 2 is 2.11 bits per heavy atom. The second kappa shape index (κ2) is 6.29. The highest BCUT2D eigenvalue weighted by molar-refractivity contribution is 9.10. The predicted octanol–water partition coefficient (Wildman–Crippen LogP) is 3.37. The van der Waals surface area contributed by atoms with Gasteiger partial charge in [-0.3, -0.25) is 5.32 Å². The van der Waals surface area contributed by atoms with Crippen molar-refractivity contribution in [1.29, 1.82) is 0 Å². The molecule has 5 nitrogen and oxygen atoms in total. The quantitative estimate of drug-likeness (QED) is 0.906. The number of ether oxygens (including phenoxy) is 1. The van der Waals surface area contributed by atoms with E-state index in [0.29, 0.717) is 17.1 Å². The van der Waals surface area contributed by atoms with Gasteiger partial charge in [0.1, 0.15) is 5.75 Å². The van der Waals surface area contributed by atoms with Crippen LogP contribution in [0.25, 0.3) is 0 Å². The van der Waals surface area contributed by atoms with Crippen molar-refractivity contribution in [3.63, 3.8) is 0 Å². The van der Waals surface area contributed by atoms with Crippen molar-refractivity contribution < 1.29 is 13.9 Å². The number of carbonyl (C=O) groups excluding carboxylic acids is 1. The first-order chi connectivity index (χ1) is 9.19. The highest BCUT2D eigenvalue weighted by Crippen LogP contribution is 2.19. The smallest absolute Gasteiger partial charge is 0.321 e. The van der Waals surface area contributed by atoms with Gasteiger partial charge in [-0.2, -0.15) is 0 Å². The molecule has 0 aliphatic heterocycles. The van der Waals surface area contributed by atoms with E-state index in [9.17, 15) is 4.79 Å². The summed E-state index contributed by atoms with van der Waals surface area (Å²) in [6, 6.07) is 10.5. The number of methoxy groups -OCH3 is 1. The largest absolute Gasteiger partial charge is 0.496 e. The maximum Gasteiger partial charge on any atom is 0.321 e. The first kappa shape index (κ1) is 13.5. The number of rotatable bonds is 4. The molecule has 0 atom stereocenters. The minimum atomic E-state index is -0.340. The Morgan fingerprint density at radius 1 is 1.32 bits per heavy atom. The van der Waals surface area contributed by atoms with Crippen LogP contribution in [0, 0.1) is 0 Å². The van der Waals surface area contributed by atoms with Crippen LogP contribution in [-0.4, -0.2) is 13.1 Å². The summed E-state index contributed by atoms with van der Waals surface area (Å²) in [5, 5.41) is 5.31. The van der Waals surface area contributed by atoms with Crippen LogP contribution in [0.2, 0.25) is 0 Å². The summed E-state index contributed by atoms with van der Waals surface area (Å²) in [5.74, 6) is 1.12. The maximum absolute atomic E-state index is 11.7. The fraction of sp³-hybridized carbons (Fsp3) is 0.154. The molecular weight excluding hydrogens is 312 g/mol. The van der Waals surface area contributed by atoms with Gasteiger partial charge in [0, 0.05) is 18.2 Å². The van der Waals surface area contributed by atoms with E-state index >= 15 is 0 Å². The van der Waals surface area contributed by atoms with Crippen LogP contribution >= 0.6 is 15.9 Å². The molecule has 1 heterocycles. The molecule has 19 heavy (non-hydrogen) atoms. The first-order valence-electron chi connectivity index (χ1n) is 5.61. The van der Waals surface area contributed by atoms with E-state index in [0.717, 1.165) is 11.3 Å².